The van der Waals surface area contributed by atoms with Gasteiger partial charge in [-0.1, -0.05) is 12.5 Å². The van der Waals surface area contributed by atoms with Gasteiger partial charge in [0.05, 0.1) is 22.5 Å². The van der Waals surface area contributed by atoms with Crippen molar-refractivity contribution in [1.29, 1.82) is 0 Å². The van der Waals surface area contributed by atoms with Gasteiger partial charge in [0, 0.05) is 24.5 Å². The Balaban J connectivity index is 1.53. The predicted octanol–water partition coefficient (Wildman–Crippen LogP) is 1.90. The summed E-state index contributed by atoms with van der Waals surface area (Å²) in [6, 6.07) is 5.31. The molecule has 2 saturated carbocycles. The molecule has 1 N–H and O–H groups in total. The topological polar surface area (TPSA) is 76.3 Å². The van der Waals surface area contributed by atoms with Crippen molar-refractivity contribution in [2.24, 2.45) is 5.92 Å². The van der Waals surface area contributed by atoms with E-state index in [1.165, 1.54) is 22.6 Å². The molecule has 0 radical (unpaired) electrons. The normalized spacial score (nSPS) is 19.6. The van der Waals surface area contributed by atoms with E-state index in [0.717, 1.165) is 30.6 Å². The Labute approximate surface area is 184 Å². The molecule has 3 fully saturated rings. The van der Waals surface area contributed by atoms with Crippen LogP contribution in [0, 0.1) is 18.3 Å². The molecule has 2 heterocycles. The summed E-state index contributed by atoms with van der Waals surface area (Å²) in [4.78, 5) is 41.0. The van der Waals surface area contributed by atoms with Gasteiger partial charge in [-0.3, -0.25) is 18.7 Å². The molecule has 0 unspecified atom stereocenters. The van der Waals surface area contributed by atoms with Crippen molar-refractivity contribution in [2.75, 3.05) is 13.1 Å². The number of terminal acetylenes is 1. The number of nitrogens with one attached hydrogen (secondary N) is 1. The Morgan fingerprint density at radius 3 is 2.68 bits per heavy atom. The Kier molecular flexibility index (Phi) is 4.83. The highest BCUT2D eigenvalue weighted by atomic mass is 32.2. The second-order valence-corrected chi connectivity index (χ2v) is 9.60. The van der Waals surface area contributed by atoms with Gasteiger partial charge in [-0.2, -0.15) is 0 Å². The summed E-state index contributed by atoms with van der Waals surface area (Å²) < 4.78 is 6.39. The molecule has 31 heavy (non-hydrogen) atoms. The maximum absolute atomic E-state index is 13.4. The molecule has 3 aliphatic rings. The predicted molar refractivity (Wildman–Crippen MR) is 121 cm³/mol. The highest BCUT2D eigenvalue weighted by molar-refractivity contribution is 7.97. The minimum atomic E-state index is -0.315. The first-order valence-corrected chi connectivity index (χ1v) is 11.4. The number of aromatic nitrogens is 2. The fraction of sp³-hybridized carbons (Fsp3) is 0.435. The van der Waals surface area contributed by atoms with E-state index < -0.39 is 0 Å². The molecule has 2 aromatic rings. The number of amides is 1. The van der Waals surface area contributed by atoms with Crippen molar-refractivity contribution in [3.63, 3.8) is 0 Å². The van der Waals surface area contributed by atoms with Crippen LogP contribution in [-0.2, 0) is 11.3 Å². The van der Waals surface area contributed by atoms with Crippen LogP contribution in [0.1, 0.15) is 31.7 Å². The summed E-state index contributed by atoms with van der Waals surface area (Å²) >= 11 is 1.42. The second kappa shape index (κ2) is 7.43. The Morgan fingerprint density at radius 2 is 2.06 bits per heavy atom. The van der Waals surface area contributed by atoms with E-state index >= 15 is 0 Å². The van der Waals surface area contributed by atoms with Crippen LogP contribution in [0.5, 0.6) is 0 Å². The molecule has 8 heteroatoms. The average molecular weight is 437 g/mol. The van der Waals surface area contributed by atoms with Crippen LogP contribution in [0.25, 0.3) is 10.9 Å². The molecule has 1 aromatic heterocycles. The molecule has 1 amide bonds. The first kappa shape index (κ1) is 20.2. The van der Waals surface area contributed by atoms with Gasteiger partial charge in [0.15, 0.2) is 0 Å². The third kappa shape index (κ3) is 3.62. The van der Waals surface area contributed by atoms with Crippen molar-refractivity contribution in [3.8, 4) is 12.3 Å². The number of fused-ring (bicyclic) bond motifs is 1. The van der Waals surface area contributed by atoms with E-state index in [-0.39, 0.29) is 28.7 Å². The summed E-state index contributed by atoms with van der Waals surface area (Å²) in [5, 5.41) is 0.520. The molecule has 5 rings (SSSR count). The molecule has 160 valence electrons. The Morgan fingerprint density at radius 1 is 1.32 bits per heavy atom. The number of benzene rings is 1. The largest absolute Gasteiger partial charge is 0.335 e. The smallest absolute Gasteiger partial charge is 0.331 e. The Hall–Kier alpha value is -2.76. The molecule has 7 nitrogen and oxygen atoms in total. The number of hydrogen-bond acceptors (Lipinski definition) is 5. The van der Waals surface area contributed by atoms with Crippen LogP contribution in [0.2, 0.25) is 0 Å². The van der Waals surface area contributed by atoms with Gasteiger partial charge in [-0.05, 0) is 67.8 Å². The standard InChI is InChI=1S/C23H24N4O3S/c1-3-20(28)25-13-16(14-25)27-21(29)18-11-17(31-24-23(4-2)9-10-23)7-8-19(18)26(22(27)30)12-15-5-6-15/h2-3,7-8,11,15-16,24H,1,5-6,9-10,12-14H2. The van der Waals surface area contributed by atoms with Crippen molar-refractivity contribution >= 4 is 28.8 Å². The minimum absolute atomic E-state index is 0.185. The number of carbonyl (C=O) groups is 1. The zero-order chi connectivity index (χ0) is 21.8. The summed E-state index contributed by atoms with van der Waals surface area (Å²) in [5.74, 6) is 3.09. The van der Waals surface area contributed by atoms with Crippen LogP contribution < -0.4 is 16.0 Å². The number of likely N-dealkylation sites (tertiary alicyclic amines) is 1. The number of carbonyl (C=O) groups excluding carboxylic acids is 1. The molecule has 2 aliphatic carbocycles. The highest BCUT2D eigenvalue weighted by Crippen LogP contribution is 2.38. The molecule has 1 saturated heterocycles. The molecule has 1 aromatic carbocycles. The summed E-state index contributed by atoms with van der Waals surface area (Å²) in [5.41, 5.74) is -0.178. The van der Waals surface area contributed by atoms with Crippen molar-refractivity contribution in [2.45, 2.75) is 48.7 Å². The van der Waals surface area contributed by atoms with Gasteiger partial charge in [0.2, 0.25) is 5.91 Å². The fourth-order valence-corrected chi connectivity index (χ4v) is 4.87. The number of rotatable bonds is 7. The first-order chi connectivity index (χ1) is 14.9. The van der Waals surface area contributed by atoms with Gasteiger partial charge < -0.3 is 4.90 Å². The monoisotopic (exact) mass is 436 g/mol. The Bertz CT molecular complexity index is 1240. The van der Waals surface area contributed by atoms with Gasteiger partial charge in [-0.15, -0.1) is 6.42 Å². The van der Waals surface area contributed by atoms with E-state index in [9.17, 15) is 14.4 Å². The number of nitrogens with zero attached hydrogens (tertiary/aromatic N) is 3. The molecule has 0 spiro atoms. The van der Waals surface area contributed by atoms with E-state index in [0.29, 0.717) is 36.5 Å². The molecule has 0 bridgehead atoms. The van der Waals surface area contributed by atoms with E-state index in [2.05, 4.69) is 17.2 Å². The average Bonchev–Trinajstić information content (AvgIpc) is 3.66. The lowest BCUT2D eigenvalue weighted by Gasteiger charge is -2.39. The zero-order valence-corrected chi connectivity index (χ0v) is 18.0. The SMILES string of the molecule is C#CC1(NSc2ccc3c(c2)c(=O)n(C2CN(C(=O)C=C)C2)c(=O)n3CC2CC2)CC1. The lowest BCUT2D eigenvalue weighted by Crippen LogP contribution is -2.56. The third-order valence-electron chi connectivity index (χ3n) is 6.39. The van der Waals surface area contributed by atoms with Gasteiger partial charge in [0.25, 0.3) is 5.56 Å². The van der Waals surface area contributed by atoms with E-state index in [1.54, 1.807) is 9.47 Å². The van der Waals surface area contributed by atoms with Crippen LogP contribution >= 0.6 is 11.9 Å². The van der Waals surface area contributed by atoms with Crippen molar-refractivity contribution < 1.29 is 4.79 Å². The van der Waals surface area contributed by atoms with E-state index in [4.69, 9.17) is 6.42 Å². The zero-order valence-electron chi connectivity index (χ0n) is 17.2. The second-order valence-electron chi connectivity index (χ2n) is 8.72. The van der Waals surface area contributed by atoms with Crippen LogP contribution in [0.15, 0.2) is 45.3 Å². The van der Waals surface area contributed by atoms with Crippen molar-refractivity contribution in [1.82, 2.24) is 18.8 Å². The molecule has 0 atom stereocenters. The van der Waals surface area contributed by atoms with Gasteiger partial charge >= 0.3 is 5.69 Å². The lowest BCUT2D eigenvalue weighted by atomic mass is 10.1. The summed E-state index contributed by atoms with van der Waals surface area (Å²) in [6.45, 7) is 4.80. The minimum Gasteiger partial charge on any atom is -0.335 e. The number of hydrogen-bond donors (Lipinski definition) is 1. The van der Waals surface area contributed by atoms with Gasteiger partial charge in [-0.25, -0.2) is 9.52 Å². The third-order valence-corrected chi connectivity index (χ3v) is 7.37. The molecular weight excluding hydrogens is 412 g/mol. The molecular formula is C23H24N4O3S. The van der Waals surface area contributed by atoms with Gasteiger partial charge in [0.1, 0.15) is 0 Å². The quantitative estimate of drug-likeness (QED) is 0.408. The van der Waals surface area contributed by atoms with E-state index in [1.807, 2.05) is 18.2 Å². The summed E-state index contributed by atoms with van der Waals surface area (Å²) in [6.07, 6.45) is 10.9. The lowest BCUT2D eigenvalue weighted by molar-refractivity contribution is -0.131. The summed E-state index contributed by atoms with van der Waals surface area (Å²) in [7, 11) is 0. The van der Waals surface area contributed by atoms with Crippen LogP contribution in [0.3, 0.4) is 0 Å². The maximum atomic E-state index is 13.4. The maximum Gasteiger partial charge on any atom is 0.331 e. The van der Waals surface area contributed by atoms with Crippen LogP contribution in [0.4, 0.5) is 0 Å². The highest BCUT2D eigenvalue weighted by Gasteiger charge is 2.41. The molecule has 1 aliphatic heterocycles. The first-order valence-electron chi connectivity index (χ1n) is 10.6. The van der Waals surface area contributed by atoms with Crippen molar-refractivity contribution in [3.05, 3.63) is 51.7 Å². The van der Waals surface area contributed by atoms with Crippen LogP contribution in [-0.4, -0.2) is 38.6 Å². The fourth-order valence-electron chi connectivity index (χ4n) is 3.98.